The van der Waals surface area contributed by atoms with Gasteiger partial charge in [-0.25, -0.2) is 0 Å². The predicted molar refractivity (Wildman–Crippen MR) is 91.8 cm³/mol. The monoisotopic (exact) mass is 366 g/mol. The van der Waals surface area contributed by atoms with Gasteiger partial charge in [0.15, 0.2) is 0 Å². The van der Waals surface area contributed by atoms with Crippen LogP contribution in [0.25, 0.3) is 0 Å². The Kier molecular flexibility index (Phi) is 5.20. The van der Waals surface area contributed by atoms with E-state index in [1.54, 1.807) is 21.8 Å². The highest BCUT2D eigenvalue weighted by atomic mass is 19.4. The van der Waals surface area contributed by atoms with Crippen LogP contribution >= 0.6 is 0 Å². The molecule has 1 aliphatic heterocycles. The predicted octanol–water partition coefficient (Wildman–Crippen LogP) is 2.72. The van der Waals surface area contributed by atoms with Crippen molar-refractivity contribution in [2.75, 3.05) is 31.1 Å². The maximum atomic E-state index is 12.9. The van der Waals surface area contributed by atoms with Crippen molar-refractivity contribution < 1.29 is 18.0 Å². The van der Waals surface area contributed by atoms with Crippen molar-refractivity contribution >= 4 is 11.6 Å². The highest BCUT2D eigenvalue weighted by Gasteiger charge is 2.31. The van der Waals surface area contributed by atoms with Gasteiger partial charge in [0.05, 0.1) is 5.56 Å². The van der Waals surface area contributed by atoms with Crippen molar-refractivity contribution in [2.45, 2.75) is 19.0 Å². The Labute approximate surface area is 150 Å². The summed E-state index contributed by atoms with van der Waals surface area (Å²) in [6.07, 6.45) is -1.61. The minimum atomic E-state index is -4.35. The third-order valence-electron chi connectivity index (χ3n) is 4.69. The van der Waals surface area contributed by atoms with Gasteiger partial charge in [0.2, 0.25) is 5.91 Å². The van der Waals surface area contributed by atoms with E-state index < -0.39 is 11.7 Å². The molecule has 1 amide bonds. The Morgan fingerprint density at radius 1 is 1.15 bits per heavy atom. The van der Waals surface area contributed by atoms with E-state index in [0.29, 0.717) is 44.7 Å². The van der Waals surface area contributed by atoms with Gasteiger partial charge in [0, 0.05) is 57.2 Å². The van der Waals surface area contributed by atoms with Crippen molar-refractivity contribution in [2.24, 2.45) is 7.05 Å². The molecule has 8 heteroatoms. The number of aromatic nitrogens is 2. The second kappa shape index (κ2) is 7.39. The van der Waals surface area contributed by atoms with E-state index in [1.807, 2.05) is 18.0 Å². The third kappa shape index (κ3) is 4.17. The lowest BCUT2D eigenvalue weighted by Crippen LogP contribution is -2.48. The molecular weight excluding hydrogens is 345 g/mol. The minimum Gasteiger partial charge on any atom is -0.368 e. The van der Waals surface area contributed by atoms with Crippen molar-refractivity contribution in [3.05, 3.63) is 47.8 Å². The number of hydrogen-bond acceptors (Lipinski definition) is 3. The van der Waals surface area contributed by atoms with E-state index in [4.69, 9.17) is 0 Å². The summed E-state index contributed by atoms with van der Waals surface area (Å²) in [6.45, 7) is 2.08. The summed E-state index contributed by atoms with van der Waals surface area (Å²) in [4.78, 5) is 16.0. The SMILES string of the molecule is Cn1nccc1CCC(=O)N1CCN(c2cccc(C(F)(F)F)c2)CC1. The molecule has 2 heterocycles. The maximum Gasteiger partial charge on any atom is 0.416 e. The number of rotatable bonds is 4. The summed E-state index contributed by atoms with van der Waals surface area (Å²) in [6, 6.07) is 7.22. The first kappa shape index (κ1) is 18.3. The second-order valence-electron chi connectivity index (χ2n) is 6.36. The zero-order chi connectivity index (χ0) is 18.7. The lowest BCUT2D eigenvalue weighted by molar-refractivity contribution is -0.137. The molecule has 0 saturated carbocycles. The first-order valence-electron chi connectivity index (χ1n) is 8.51. The van der Waals surface area contributed by atoms with E-state index in [0.717, 1.165) is 11.8 Å². The molecule has 0 unspecified atom stereocenters. The average molecular weight is 366 g/mol. The lowest BCUT2D eigenvalue weighted by atomic mass is 10.1. The number of alkyl halides is 3. The van der Waals surface area contributed by atoms with Crippen LogP contribution in [-0.4, -0.2) is 46.8 Å². The average Bonchev–Trinajstić information content (AvgIpc) is 3.04. The summed E-state index contributed by atoms with van der Waals surface area (Å²) in [7, 11) is 1.84. The lowest BCUT2D eigenvalue weighted by Gasteiger charge is -2.36. The maximum absolute atomic E-state index is 12.9. The molecule has 2 aromatic rings. The molecule has 1 aromatic carbocycles. The normalized spacial score (nSPS) is 15.4. The van der Waals surface area contributed by atoms with Gasteiger partial charge >= 0.3 is 6.18 Å². The van der Waals surface area contributed by atoms with Crippen LogP contribution in [0.4, 0.5) is 18.9 Å². The summed E-state index contributed by atoms with van der Waals surface area (Å²) >= 11 is 0. The summed E-state index contributed by atoms with van der Waals surface area (Å²) < 4.78 is 40.3. The molecular formula is C18H21F3N4O. The largest absolute Gasteiger partial charge is 0.416 e. The Morgan fingerprint density at radius 2 is 1.88 bits per heavy atom. The number of piperazine rings is 1. The van der Waals surface area contributed by atoms with Crippen LogP contribution < -0.4 is 4.90 Å². The number of nitrogens with zero attached hydrogens (tertiary/aromatic N) is 4. The molecule has 1 aliphatic rings. The van der Waals surface area contributed by atoms with E-state index in [2.05, 4.69) is 5.10 Å². The molecule has 0 aliphatic carbocycles. The number of benzene rings is 1. The van der Waals surface area contributed by atoms with Gasteiger partial charge in [0.25, 0.3) is 0 Å². The third-order valence-corrected chi connectivity index (χ3v) is 4.69. The van der Waals surface area contributed by atoms with Crippen LogP contribution in [0.15, 0.2) is 36.5 Å². The number of carbonyl (C=O) groups excluding carboxylic acids is 1. The zero-order valence-corrected chi connectivity index (χ0v) is 14.5. The molecule has 1 aromatic heterocycles. The quantitative estimate of drug-likeness (QED) is 0.836. The number of halogens is 3. The molecule has 0 atom stereocenters. The standard InChI is InChI=1S/C18H21F3N4O/c1-23-15(7-8-22-23)5-6-17(26)25-11-9-24(10-12-25)16-4-2-3-14(13-16)18(19,20)21/h2-4,7-8,13H,5-6,9-12H2,1H3. The number of aryl methyl sites for hydroxylation is 2. The number of amides is 1. The molecule has 1 fully saturated rings. The van der Waals surface area contributed by atoms with Crippen molar-refractivity contribution in [3.8, 4) is 0 Å². The van der Waals surface area contributed by atoms with Crippen LogP contribution in [0.5, 0.6) is 0 Å². The number of anilines is 1. The molecule has 0 radical (unpaired) electrons. The second-order valence-corrected chi connectivity index (χ2v) is 6.36. The van der Waals surface area contributed by atoms with Crippen molar-refractivity contribution in [1.29, 1.82) is 0 Å². The van der Waals surface area contributed by atoms with Gasteiger partial charge in [-0.1, -0.05) is 6.07 Å². The van der Waals surface area contributed by atoms with E-state index in [-0.39, 0.29) is 5.91 Å². The highest BCUT2D eigenvalue weighted by molar-refractivity contribution is 5.76. The van der Waals surface area contributed by atoms with Gasteiger partial charge in [-0.05, 0) is 30.7 Å². The first-order chi connectivity index (χ1) is 12.3. The number of carbonyl (C=O) groups is 1. The van der Waals surface area contributed by atoms with Crippen LogP contribution in [-0.2, 0) is 24.4 Å². The fraction of sp³-hybridized carbons (Fsp3) is 0.444. The molecule has 26 heavy (non-hydrogen) atoms. The number of hydrogen-bond donors (Lipinski definition) is 0. The topological polar surface area (TPSA) is 41.4 Å². The first-order valence-corrected chi connectivity index (χ1v) is 8.51. The molecule has 140 valence electrons. The smallest absolute Gasteiger partial charge is 0.368 e. The molecule has 0 spiro atoms. The fourth-order valence-electron chi connectivity index (χ4n) is 3.13. The molecule has 5 nitrogen and oxygen atoms in total. The molecule has 0 N–H and O–H groups in total. The van der Waals surface area contributed by atoms with Gasteiger partial charge in [-0.3, -0.25) is 9.48 Å². The van der Waals surface area contributed by atoms with Gasteiger partial charge in [0.1, 0.15) is 0 Å². The Balaban J connectivity index is 1.54. The fourth-order valence-corrected chi connectivity index (χ4v) is 3.13. The summed E-state index contributed by atoms with van der Waals surface area (Å²) in [5.74, 6) is 0.0647. The Hall–Kier alpha value is -2.51. The van der Waals surface area contributed by atoms with E-state index in [1.165, 1.54) is 12.1 Å². The van der Waals surface area contributed by atoms with Crippen molar-refractivity contribution in [1.82, 2.24) is 14.7 Å². The Morgan fingerprint density at radius 3 is 2.50 bits per heavy atom. The molecule has 0 bridgehead atoms. The minimum absolute atomic E-state index is 0.0647. The summed E-state index contributed by atoms with van der Waals surface area (Å²) in [5, 5.41) is 4.08. The molecule has 1 saturated heterocycles. The van der Waals surface area contributed by atoms with Crippen LogP contribution in [0.2, 0.25) is 0 Å². The van der Waals surface area contributed by atoms with Gasteiger partial charge < -0.3 is 9.80 Å². The Bertz CT molecular complexity index is 764. The van der Waals surface area contributed by atoms with Crippen LogP contribution in [0.1, 0.15) is 17.7 Å². The van der Waals surface area contributed by atoms with E-state index >= 15 is 0 Å². The summed E-state index contributed by atoms with van der Waals surface area (Å²) in [5.41, 5.74) is 0.896. The van der Waals surface area contributed by atoms with E-state index in [9.17, 15) is 18.0 Å². The van der Waals surface area contributed by atoms with Crippen LogP contribution in [0.3, 0.4) is 0 Å². The van der Waals surface area contributed by atoms with Gasteiger partial charge in [-0.15, -0.1) is 0 Å². The molecule has 3 rings (SSSR count). The van der Waals surface area contributed by atoms with Crippen LogP contribution in [0, 0.1) is 0 Å². The highest BCUT2D eigenvalue weighted by Crippen LogP contribution is 2.31. The van der Waals surface area contributed by atoms with Gasteiger partial charge in [-0.2, -0.15) is 18.3 Å². The van der Waals surface area contributed by atoms with Crippen molar-refractivity contribution in [3.63, 3.8) is 0 Å². The zero-order valence-electron chi connectivity index (χ0n) is 14.5.